The zero-order valence-electron chi connectivity index (χ0n) is 14.9. The minimum atomic E-state index is -0.264. The number of carbonyl (C=O) groups is 1. The zero-order chi connectivity index (χ0) is 19.2. The van der Waals surface area contributed by atoms with Crippen LogP contribution in [0, 0.1) is 5.82 Å². The van der Waals surface area contributed by atoms with E-state index in [0.29, 0.717) is 17.5 Å². The van der Waals surface area contributed by atoms with E-state index in [2.05, 4.69) is 33.2 Å². The Morgan fingerprint density at radius 2 is 2.07 bits per heavy atom. The topological polar surface area (TPSA) is 51.2 Å². The van der Waals surface area contributed by atoms with Crippen molar-refractivity contribution in [2.75, 3.05) is 5.32 Å². The van der Waals surface area contributed by atoms with E-state index in [9.17, 15) is 9.18 Å². The second kappa shape index (κ2) is 9.28. The predicted molar refractivity (Wildman–Crippen MR) is 111 cm³/mol. The summed E-state index contributed by atoms with van der Waals surface area (Å²) < 4.78 is 19.7. The summed E-state index contributed by atoms with van der Waals surface area (Å²) in [7, 11) is 0. The molecule has 142 valence electrons. The third kappa shape index (κ3) is 5.49. The molecule has 4 nitrogen and oxygen atoms in total. The first-order valence-corrected chi connectivity index (χ1v) is 10.5. The van der Waals surface area contributed by atoms with Crippen molar-refractivity contribution in [2.45, 2.75) is 37.6 Å². The van der Waals surface area contributed by atoms with Gasteiger partial charge in [-0.1, -0.05) is 59.2 Å². The minimum Gasteiger partial charge on any atom is -0.489 e. The monoisotopic (exact) mass is 450 g/mol. The minimum absolute atomic E-state index is 0.0738. The van der Waals surface area contributed by atoms with E-state index in [1.165, 1.54) is 23.5 Å². The van der Waals surface area contributed by atoms with Crippen LogP contribution in [0.15, 0.2) is 42.5 Å². The fourth-order valence-electron chi connectivity index (χ4n) is 2.49. The molecule has 0 aliphatic heterocycles. The molecule has 7 heteroatoms. The lowest BCUT2D eigenvalue weighted by Gasteiger charge is -2.07. The van der Waals surface area contributed by atoms with Gasteiger partial charge in [0.15, 0.2) is 5.13 Å². The van der Waals surface area contributed by atoms with Crippen LogP contribution in [0.1, 0.15) is 31.7 Å². The fourth-order valence-corrected chi connectivity index (χ4v) is 3.83. The normalized spacial score (nSPS) is 12.1. The van der Waals surface area contributed by atoms with Crippen molar-refractivity contribution in [3.05, 3.63) is 53.8 Å². The van der Waals surface area contributed by atoms with Crippen LogP contribution in [0.25, 0.3) is 10.2 Å². The van der Waals surface area contributed by atoms with Gasteiger partial charge in [-0.2, -0.15) is 0 Å². The number of carbonyl (C=O) groups excluding carboxylic acids is 1. The molecule has 0 spiro atoms. The maximum absolute atomic E-state index is 12.9. The first-order valence-electron chi connectivity index (χ1n) is 8.78. The van der Waals surface area contributed by atoms with E-state index >= 15 is 0 Å². The van der Waals surface area contributed by atoms with Gasteiger partial charge in [0.25, 0.3) is 0 Å². The van der Waals surface area contributed by atoms with E-state index in [-0.39, 0.29) is 16.6 Å². The summed E-state index contributed by atoms with van der Waals surface area (Å²) in [5.41, 5.74) is 1.70. The second-order valence-corrected chi connectivity index (χ2v) is 8.30. The molecule has 1 atom stereocenters. The van der Waals surface area contributed by atoms with Gasteiger partial charge in [0.05, 0.1) is 15.0 Å². The standard InChI is InChI=1S/C20H20BrFN2O2S/c1-2-3-4-16(21)19(25)24-20-23-17-10-9-15(11-18(17)27-20)26-12-13-5-7-14(22)8-6-13/h5-11,16H,2-4,12H2,1H3,(H,23,24,25)/t16-/m1/s1. The summed E-state index contributed by atoms with van der Waals surface area (Å²) >= 11 is 4.84. The number of alkyl halides is 1. The summed E-state index contributed by atoms with van der Waals surface area (Å²) in [6, 6.07) is 11.8. The van der Waals surface area contributed by atoms with E-state index in [1.807, 2.05) is 18.2 Å². The van der Waals surface area contributed by atoms with Crippen LogP contribution in [0.3, 0.4) is 0 Å². The SMILES string of the molecule is CCCC[C@@H](Br)C(=O)Nc1nc2ccc(OCc3ccc(F)cc3)cc2s1. The van der Waals surface area contributed by atoms with Crippen molar-refractivity contribution >= 4 is 48.5 Å². The van der Waals surface area contributed by atoms with Crippen LogP contribution in [-0.2, 0) is 11.4 Å². The Hall–Kier alpha value is -1.99. The number of benzene rings is 2. The van der Waals surface area contributed by atoms with Crippen molar-refractivity contribution < 1.29 is 13.9 Å². The highest BCUT2D eigenvalue weighted by Crippen LogP contribution is 2.30. The Labute approximate surface area is 169 Å². The van der Waals surface area contributed by atoms with Crippen LogP contribution >= 0.6 is 27.3 Å². The van der Waals surface area contributed by atoms with Crippen LogP contribution in [-0.4, -0.2) is 15.7 Å². The lowest BCUT2D eigenvalue weighted by Crippen LogP contribution is -2.22. The molecule has 2 aromatic carbocycles. The number of nitrogens with zero attached hydrogens (tertiary/aromatic N) is 1. The Morgan fingerprint density at radius 3 is 2.81 bits per heavy atom. The molecule has 0 saturated carbocycles. The van der Waals surface area contributed by atoms with E-state index in [0.717, 1.165) is 35.0 Å². The molecule has 1 amide bonds. The smallest absolute Gasteiger partial charge is 0.239 e. The number of amides is 1. The number of hydrogen-bond acceptors (Lipinski definition) is 4. The lowest BCUT2D eigenvalue weighted by atomic mass is 10.2. The molecule has 1 N–H and O–H groups in total. The van der Waals surface area contributed by atoms with Gasteiger partial charge < -0.3 is 10.1 Å². The molecular formula is C20H20BrFN2O2S. The number of nitrogens with one attached hydrogen (secondary N) is 1. The number of aromatic nitrogens is 1. The molecule has 0 unspecified atom stereocenters. The summed E-state index contributed by atoms with van der Waals surface area (Å²) in [6.07, 6.45) is 2.85. The van der Waals surface area contributed by atoms with Crippen molar-refractivity contribution in [2.24, 2.45) is 0 Å². The van der Waals surface area contributed by atoms with Crippen LogP contribution in [0.4, 0.5) is 9.52 Å². The molecule has 3 aromatic rings. The molecule has 1 aromatic heterocycles. The molecule has 27 heavy (non-hydrogen) atoms. The maximum Gasteiger partial charge on any atom is 0.239 e. The quantitative estimate of drug-likeness (QED) is 0.434. The molecule has 0 bridgehead atoms. The number of halogens is 2. The third-order valence-electron chi connectivity index (χ3n) is 4.00. The summed E-state index contributed by atoms with van der Waals surface area (Å²) in [5, 5.41) is 3.44. The van der Waals surface area contributed by atoms with Gasteiger partial charge in [-0.3, -0.25) is 4.79 Å². The Bertz CT molecular complexity index is 914. The molecule has 1 heterocycles. The summed E-state index contributed by atoms with van der Waals surface area (Å²) in [6.45, 7) is 2.46. The average molecular weight is 451 g/mol. The van der Waals surface area contributed by atoms with Gasteiger partial charge in [-0.15, -0.1) is 0 Å². The summed E-state index contributed by atoms with van der Waals surface area (Å²) in [4.78, 5) is 16.4. The largest absolute Gasteiger partial charge is 0.489 e. The van der Waals surface area contributed by atoms with Gasteiger partial charge in [0.2, 0.25) is 5.91 Å². The van der Waals surface area contributed by atoms with Gasteiger partial charge >= 0.3 is 0 Å². The number of anilines is 1. The molecule has 0 aliphatic rings. The number of fused-ring (bicyclic) bond motifs is 1. The number of unbranched alkanes of at least 4 members (excludes halogenated alkanes) is 1. The molecule has 0 fully saturated rings. The number of ether oxygens (including phenoxy) is 1. The summed E-state index contributed by atoms with van der Waals surface area (Å²) in [5.74, 6) is 0.366. The highest BCUT2D eigenvalue weighted by Gasteiger charge is 2.16. The molecule has 0 radical (unpaired) electrons. The number of hydrogen-bond donors (Lipinski definition) is 1. The van der Waals surface area contributed by atoms with E-state index < -0.39 is 0 Å². The molecular weight excluding hydrogens is 431 g/mol. The Balaban J connectivity index is 1.63. The third-order valence-corrected chi connectivity index (χ3v) is 5.81. The molecule has 0 aliphatic carbocycles. The highest BCUT2D eigenvalue weighted by atomic mass is 79.9. The maximum atomic E-state index is 12.9. The number of thiazole rings is 1. The zero-order valence-corrected chi connectivity index (χ0v) is 17.3. The van der Waals surface area contributed by atoms with Crippen LogP contribution in [0.2, 0.25) is 0 Å². The van der Waals surface area contributed by atoms with Crippen molar-refractivity contribution in [1.82, 2.24) is 4.98 Å². The van der Waals surface area contributed by atoms with Gasteiger partial charge in [-0.25, -0.2) is 9.37 Å². The van der Waals surface area contributed by atoms with Gasteiger partial charge in [-0.05, 0) is 42.3 Å². The highest BCUT2D eigenvalue weighted by molar-refractivity contribution is 9.10. The Morgan fingerprint density at radius 1 is 1.30 bits per heavy atom. The van der Waals surface area contributed by atoms with Crippen molar-refractivity contribution in [3.8, 4) is 5.75 Å². The predicted octanol–water partition coefficient (Wildman–Crippen LogP) is 5.91. The van der Waals surface area contributed by atoms with Crippen LogP contribution < -0.4 is 10.1 Å². The van der Waals surface area contributed by atoms with Gasteiger partial charge in [0, 0.05) is 0 Å². The Kier molecular flexibility index (Phi) is 6.79. The average Bonchev–Trinajstić information content (AvgIpc) is 3.07. The first-order chi connectivity index (χ1) is 13.0. The van der Waals surface area contributed by atoms with E-state index in [4.69, 9.17) is 4.74 Å². The molecule has 3 rings (SSSR count). The fraction of sp³-hybridized carbons (Fsp3) is 0.300. The van der Waals surface area contributed by atoms with E-state index in [1.54, 1.807) is 12.1 Å². The number of rotatable bonds is 8. The van der Waals surface area contributed by atoms with Crippen molar-refractivity contribution in [1.29, 1.82) is 0 Å². The van der Waals surface area contributed by atoms with Crippen LogP contribution in [0.5, 0.6) is 5.75 Å². The molecule has 0 saturated heterocycles. The lowest BCUT2D eigenvalue weighted by molar-refractivity contribution is -0.115. The van der Waals surface area contributed by atoms with Crippen molar-refractivity contribution in [3.63, 3.8) is 0 Å². The first kappa shape index (κ1) is 19.8. The van der Waals surface area contributed by atoms with Gasteiger partial charge in [0.1, 0.15) is 18.2 Å². The second-order valence-electron chi connectivity index (χ2n) is 6.16.